The SMILES string of the molecule is O=C(c1ccc(F)cc1)N1CCC(Cc2cccs2)CC1. The van der Waals surface area contributed by atoms with Gasteiger partial charge in [-0.2, -0.15) is 0 Å². The van der Waals surface area contributed by atoms with E-state index in [1.54, 1.807) is 23.5 Å². The number of thiophene rings is 1. The van der Waals surface area contributed by atoms with Gasteiger partial charge >= 0.3 is 0 Å². The Morgan fingerprint density at radius 1 is 1.19 bits per heavy atom. The molecule has 1 saturated heterocycles. The van der Waals surface area contributed by atoms with E-state index in [0.717, 1.165) is 32.4 Å². The smallest absolute Gasteiger partial charge is 0.253 e. The van der Waals surface area contributed by atoms with Gasteiger partial charge in [-0.3, -0.25) is 4.79 Å². The van der Waals surface area contributed by atoms with Crippen LogP contribution in [-0.4, -0.2) is 23.9 Å². The molecule has 2 heterocycles. The Balaban J connectivity index is 1.55. The van der Waals surface area contributed by atoms with Crippen LogP contribution < -0.4 is 0 Å². The van der Waals surface area contributed by atoms with Crippen LogP contribution in [0.3, 0.4) is 0 Å². The molecule has 1 aromatic heterocycles. The Hall–Kier alpha value is -1.68. The largest absolute Gasteiger partial charge is 0.339 e. The van der Waals surface area contributed by atoms with Gasteiger partial charge in [0.05, 0.1) is 0 Å². The van der Waals surface area contributed by atoms with Crippen molar-refractivity contribution in [2.45, 2.75) is 19.3 Å². The van der Waals surface area contributed by atoms with Crippen LogP contribution in [0.1, 0.15) is 28.1 Å². The summed E-state index contributed by atoms with van der Waals surface area (Å²) in [5.41, 5.74) is 0.577. The van der Waals surface area contributed by atoms with E-state index >= 15 is 0 Å². The Labute approximate surface area is 128 Å². The van der Waals surface area contributed by atoms with Gasteiger partial charge in [0.1, 0.15) is 5.82 Å². The van der Waals surface area contributed by atoms with E-state index in [1.807, 2.05) is 4.90 Å². The monoisotopic (exact) mass is 303 g/mol. The summed E-state index contributed by atoms with van der Waals surface area (Å²) in [6.07, 6.45) is 3.21. The van der Waals surface area contributed by atoms with Crippen molar-refractivity contribution in [3.05, 3.63) is 58.0 Å². The first-order valence-electron chi connectivity index (χ1n) is 7.29. The molecule has 0 spiro atoms. The molecule has 1 aliphatic heterocycles. The van der Waals surface area contributed by atoms with Gasteiger partial charge in [-0.15, -0.1) is 11.3 Å². The zero-order chi connectivity index (χ0) is 14.7. The molecule has 4 heteroatoms. The van der Waals surface area contributed by atoms with Crippen molar-refractivity contribution in [3.8, 4) is 0 Å². The normalized spacial score (nSPS) is 16.1. The van der Waals surface area contributed by atoms with Crippen LogP contribution in [0, 0.1) is 11.7 Å². The van der Waals surface area contributed by atoms with E-state index < -0.39 is 0 Å². The molecule has 2 aromatic rings. The fraction of sp³-hybridized carbons (Fsp3) is 0.353. The van der Waals surface area contributed by atoms with Crippen LogP contribution >= 0.6 is 11.3 Å². The number of amides is 1. The van der Waals surface area contributed by atoms with E-state index in [0.29, 0.717) is 11.5 Å². The van der Waals surface area contributed by atoms with Crippen LogP contribution in [0.2, 0.25) is 0 Å². The van der Waals surface area contributed by atoms with Gasteiger partial charge in [0.15, 0.2) is 0 Å². The van der Waals surface area contributed by atoms with E-state index in [9.17, 15) is 9.18 Å². The number of nitrogens with zero attached hydrogens (tertiary/aromatic N) is 1. The third kappa shape index (κ3) is 3.50. The van der Waals surface area contributed by atoms with Crippen molar-refractivity contribution in [3.63, 3.8) is 0 Å². The van der Waals surface area contributed by atoms with Gasteiger partial charge in [-0.25, -0.2) is 4.39 Å². The summed E-state index contributed by atoms with van der Waals surface area (Å²) in [7, 11) is 0. The zero-order valence-electron chi connectivity index (χ0n) is 11.8. The number of hydrogen-bond acceptors (Lipinski definition) is 2. The minimum Gasteiger partial charge on any atom is -0.339 e. The molecule has 1 fully saturated rings. The van der Waals surface area contributed by atoms with Crippen molar-refractivity contribution < 1.29 is 9.18 Å². The summed E-state index contributed by atoms with van der Waals surface area (Å²) in [5, 5.41) is 2.11. The van der Waals surface area contributed by atoms with E-state index in [1.165, 1.54) is 17.0 Å². The standard InChI is InChI=1S/C17H18FNOS/c18-15-5-3-14(4-6-15)17(20)19-9-7-13(8-10-19)12-16-2-1-11-21-16/h1-6,11,13H,7-10,12H2. The maximum Gasteiger partial charge on any atom is 0.253 e. The summed E-state index contributed by atoms with van der Waals surface area (Å²) in [6, 6.07) is 10.1. The molecule has 0 radical (unpaired) electrons. The molecule has 110 valence electrons. The Morgan fingerprint density at radius 3 is 2.52 bits per heavy atom. The Bertz CT molecular complexity index is 586. The summed E-state index contributed by atoms with van der Waals surface area (Å²) >= 11 is 1.81. The number of hydrogen-bond donors (Lipinski definition) is 0. The fourth-order valence-electron chi connectivity index (χ4n) is 2.83. The first kappa shape index (κ1) is 14.3. The second-order valence-electron chi connectivity index (χ2n) is 5.53. The molecule has 1 amide bonds. The maximum absolute atomic E-state index is 12.9. The molecule has 0 bridgehead atoms. The molecule has 21 heavy (non-hydrogen) atoms. The fourth-order valence-corrected chi connectivity index (χ4v) is 3.65. The highest BCUT2D eigenvalue weighted by molar-refractivity contribution is 7.09. The average Bonchev–Trinajstić information content (AvgIpc) is 3.01. The number of likely N-dealkylation sites (tertiary alicyclic amines) is 1. The van der Waals surface area contributed by atoms with E-state index in [4.69, 9.17) is 0 Å². The lowest BCUT2D eigenvalue weighted by Crippen LogP contribution is -2.38. The third-order valence-corrected chi connectivity index (χ3v) is 4.96. The molecule has 0 aliphatic carbocycles. The predicted molar refractivity (Wildman–Crippen MR) is 83.1 cm³/mol. The van der Waals surface area contributed by atoms with Gasteiger partial charge in [0.25, 0.3) is 5.91 Å². The van der Waals surface area contributed by atoms with Gasteiger partial charge in [-0.1, -0.05) is 6.07 Å². The number of benzene rings is 1. The highest BCUT2D eigenvalue weighted by atomic mass is 32.1. The van der Waals surface area contributed by atoms with Gasteiger partial charge in [0.2, 0.25) is 0 Å². The van der Waals surface area contributed by atoms with Crippen molar-refractivity contribution in [1.29, 1.82) is 0 Å². The number of piperidine rings is 1. The molecular formula is C17H18FNOS. The van der Waals surface area contributed by atoms with E-state index in [-0.39, 0.29) is 11.7 Å². The molecule has 0 saturated carbocycles. The second kappa shape index (κ2) is 6.39. The van der Waals surface area contributed by atoms with Crippen molar-refractivity contribution in [2.24, 2.45) is 5.92 Å². The number of carbonyl (C=O) groups excluding carboxylic acids is 1. The van der Waals surface area contributed by atoms with E-state index in [2.05, 4.69) is 17.5 Å². The van der Waals surface area contributed by atoms with Crippen LogP contribution in [-0.2, 0) is 6.42 Å². The van der Waals surface area contributed by atoms with Gasteiger partial charge in [0, 0.05) is 23.5 Å². The number of rotatable bonds is 3. The van der Waals surface area contributed by atoms with Crippen LogP contribution in [0.4, 0.5) is 4.39 Å². The predicted octanol–water partition coefficient (Wildman–Crippen LogP) is 3.98. The summed E-state index contributed by atoms with van der Waals surface area (Å²) < 4.78 is 12.9. The van der Waals surface area contributed by atoms with Gasteiger partial charge < -0.3 is 4.90 Å². The molecule has 1 aromatic carbocycles. The summed E-state index contributed by atoms with van der Waals surface area (Å²) in [5.74, 6) is 0.381. The average molecular weight is 303 g/mol. The lowest BCUT2D eigenvalue weighted by molar-refractivity contribution is 0.0691. The van der Waals surface area contributed by atoms with Crippen molar-refractivity contribution >= 4 is 17.2 Å². The third-order valence-electron chi connectivity index (χ3n) is 4.06. The second-order valence-corrected chi connectivity index (χ2v) is 6.56. The maximum atomic E-state index is 12.9. The highest BCUT2D eigenvalue weighted by Gasteiger charge is 2.23. The van der Waals surface area contributed by atoms with Crippen LogP contribution in [0.25, 0.3) is 0 Å². The first-order valence-corrected chi connectivity index (χ1v) is 8.17. The summed E-state index contributed by atoms with van der Waals surface area (Å²) in [6.45, 7) is 1.60. The summed E-state index contributed by atoms with van der Waals surface area (Å²) in [4.78, 5) is 15.7. The molecule has 0 unspecified atom stereocenters. The minimum absolute atomic E-state index is 0.0181. The van der Waals surface area contributed by atoms with Crippen molar-refractivity contribution in [2.75, 3.05) is 13.1 Å². The molecule has 0 N–H and O–H groups in total. The molecular weight excluding hydrogens is 285 g/mol. The quantitative estimate of drug-likeness (QED) is 0.840. The number of halogens is 1. The molecule has 2 nitrogen and oxygen atoms in total. The zero-order valence-corrected chi connectivity index (χ0v) is 12.6. The molecule has 0 atom stereocenters. The molecule has 3 rings (SSSR count). The molecule has 1 aliphatic rings. The van der Waals surface area contributed by atoms with Crippen LogP contribution in [0.15, 0.2) is 41.8 Å². The highest BCUT2D eigenvalue weighted by Crippen LogP contribution is 2.24. The van der Waals surface area contributed by atoms with Crippen LogP contribution in [0.5, 0.6) is 0 Å². The number of carbonyl (C=O) groups is 1. The first-order chi connectivity index (χ1) is 10.2. The minimum atomic E-state index is -0.304. The topological polar surface area (TPSA) is 20.3 Å². The Morgan fingerprint density at radius 2 is 1.90 bits per heavy atom. The van der Waals surface area contributed by atoms with Crippen molar-refractivity contribution in [1.82, 2.24) is 4.90 Å². The lowest BCUT2D eigenvalue weighted by atomic mass is 9.92. The van der Waals surface area contributed by atoms with Gasteiger partial charge in [-0.05, 0) is 60.9 Å². The Kier molecular flexibility index (Phi) is 4.34. The lowest BCUT2D eigenvalue weighted by Gasteiger charge is -2.32.